The van der Waals surface area contributed by atoms with E-state index in [1.807, 2.05) is 37.3 Å². The predicted molar refractivity (Wildman–Crippen MR) is 74.0 cm³/mol. The molecule has 1 aromatic heterocycles. The van der Waals surface area contributed by atoms with Gasteiger partial charge in [0, 0.05) is 21.7 Å². The maximum atomic E-state index is 10.8. The molecule has 0 aliphatic rings. The molecule has 4 heteroatoms. The molecule has 0 aliphatic carbocycles. The lowest BCUT2D eigenvalue weighted by Crippen LogP contribution is -2.11. The van der Waals surface area contributed by atoms with E-state index in [9.17, 15) is 4.79 Å². The number of fused-ring (bicyclic) bond motifs is 1. The zero-order chi connectivity index (χ0) is 13.1. The maximum absolute atomic E-state index is 10.8. The second kappa shape index (κ2) is 5.40. The number of rotatable bonds is 4. The second-order valence-electron chi connectivity index (χ2n) is 4.33. The zero-order valence-corrected chi connectivity index (χ0v) is 11.2. The summed E-state index contributed by atoms with van der Waals surface area (Å²) in [7, 11) is 0. The van der Waals surface area contributed by atoms with Gasteiger partial charge in [-0.05, 0) is 19.1 Å². The molecule has 0 saturated heterocycles. The number of aliphatic carboxylic acids is 1. The van der Waals surface area contributed by atoms with Crippen LogP contribution in [0.2, 0.25) is 0 Å². The first kappa shape index (κ1) is 12.9. The highest BCUT2D eigenvalue weighted by Crippen LogP contribution is 2.29. The fourth-order valence-corrected chi connectivity index (χ4v) is 2.83. The average Bonchev–Trinajstić information content (AvgIpc) is 2.35. The number of para-hydroxylation sites is 1. The van der Waals surface area contributed by atoms with Gasteiger partial charge in [0.25, 0.3) is 0 Å². The van der Waals surface area contributed by atoms with Crippen molar-refractivity contribution in [2.45, 2.75) is 18.7 Å². The van der Waals surface area contributed by atoms with Gasteiger partial charge in [-0.1, -0.05) is 25.1 Å². The van der Waals surface area contributed by atoms with E-state index in [4.69, 9.17) is 5.11 Å². The third-order valence-corrected chi connectivity index (χ3v) is 4.03. The van der Waals surface area contributed by atoms with Crippen LogP contribution in [-0.2, 0) is 4.79 Å². The van der Waals surface area contributed by atoms with Crippen LogP contribution in [0.15, 0.2) is 35.2 Å². The number of hydrogen-bond acceptors (Lipinski definition) is 3. The fourth-order valence-electron chi connectivity index (χ4n) is 1.67. The van der Waals surface area contributed by atoms with E-state index >= 15 is 0 Å². The highest BCUT2D eigenvalue weighted by atomic mass is 32.2. The van der Waals surface area contributed by atoms with Crippen molar-refractivity contribution in [1.29, 1.82) is 0 Å². The summed E-state index contributed by atoms with van der Waals surface area (Å²) in [5.41, 5.74) is 1.92. The van der Waals surface area contributed by atoms with Gasteiger partial charge in [0.15, 0.2) is 0 Å². The minimum atomic E-state index is -0.752. The van der Waals surface area contributed by atoms with Crippen molar-refractivity contribution in [1.82, 2.24) is 4.98 Å². The molecule has 3 nitrogen and oxygen atoms in total. The molecule has 94 valence electrons. The molecule has 2 rings (SSSR count). The Morgan fingerprint density at radius 3 is 2.89 bits per heavy atom. The molecule has 1 heterocycles. The number of aromatic nitrogens is 1. The number of carbonyl (C=O) groups is 1. The number of thioether (sulfide) groups is 1. The number of aryl methyl sites for hydroxylation is 1. The topological polar surface area (TPSA) is 50.2 Å². The summed E-state index contributed by atoms with van der Waals surface area (Å²) in [6.45, 7) is 3.68. The van der Waals surface area contributed by atoms with Crippen molar-refractivity contribution < 1.29 is 9.90 Å². The number of hydrogen-bond donors (Lipinski definition) is 1. The summed E-state index contributed by atoms with van der Waals surface area (Å²) < 4.78 is 0. The first-order chi connectivity index (χ1) is 8.58. The lowest BCUT2D eigenvalue weighted by atomic mass is 10.2. The first-order valence-electron chi connectivity index (χ1n) is 5.80. The van der Waals surface area contributed by atoms with Crippen LogP contribution in [-0.4, -0.2) is 21.8 Å². The molecule has 2 aromatic rings. The summed E-state index contributed by atoms with van der Waals surface area (Å²) in [5.74, 6) is -0.525. The first-order valence-corrected chi connectivity index (χ1v) is 6.78. The van der Waals surface area contributed by atoms with Crippen molar-refractivity contribution in [2.24, 2.45) is 5.92 Å². The minimum Gasteiger partial charge on any atom is -0.481 e. The predicted octanol–water partition coefficient (Wildman–Crippen LogP) is 3.36. The Balaban J connectivity index is 2.29. The Morgan fingerprint density at radius 1 is 1.44 bits per heavy atom. The van der Waals surface area contributed by atoms with Crippen molar-refractivity contribution in [2.75, 3.05) is 5.75 Å². The summed E-state index contributed by atoms with van der Waals surface area (Å²) in [5, 5.41) is 9.99. The maximum Gasteiger partial charge on any atom is 0.307 e. The quantitative estimate of drug-likeness (QED) is 0.857. The second-order valence-corrected chi connectivity index (χ2v) is 5.39. The van der Waals surface area contributed by atoms with Crippen LogP contribution >= 0.6 is 11.8 Å². The Kier molecular flexibility index (Phi) is 3.87. The van der Waals surface area contributed by atoms with Gasteiger partial charge in [0.05, 0.1) is 11.4 Å². The Hall–Kier alpha value is -1.55. The molecule has 18 heavy (non-hydrogen) atoms. The van der Waals surface area contributed by atoms with Crippen molar-refractivity contribution in [3.63, 3.8) is 0 Å². The van der Waals surface area contributed by atoms with Gasteiger partial charge < -0.3 is 5.11 Å². The molecule has 0 amide bonds. The molecule has 0 spiro atoms. The molecular formula is C14H15NO2S. The van der Waals surface area contributed by atoms with Gasteiger partial charge in [-0.2, -0.15) is 0 Å². The van der Waals surface area contributed by atoms with Crippen LogP contribution in [0.5, 0.6) is 0 Å². The highest BCUT2D eigenvalue weighted by molar-refractivity contribution is 7.99. The number of nitrogens with zero attached hydrogens (tertiary/aromatic N) is 1. The van der Waals surface area contributed by atoms with Crippen LogP contribution < -0.4 is 0 Å². The monoisotopic (exact) mass is 261 g/mol. The number of benzene rings is 1. The molecule has 1 N–H and O–H groups in total. The third kappa shape index (κ3) is 2.82. The minimum absolute atomic E-state index is 0.345. The highest BCUT2D eigenvalue weighted by Gasteiger charge is 2.12. The van der Waals surface area contributed by atoms with Crippen molar-refractivity contribution in [3.05, 3.63) is 36.0 Å². The summed E-state index contributed by atoms with van der Waals surface area (Å²) in [6.07, 6.45) is 0. The van der Waals surface area contributed by atoms with Gasteiger partial charge in [0.1, 0.15) is 0 Å². The fraction of sp³-hybridized carbons (Fsp3) is 0.286. The van der Waals surface area contributed by atoms with E-state index in [-0.39, 0.29) is 5.92 Å². The third-order valence-electron chi connectivity index (χ3n) is 2.72. The van der Waals surface area contributed by atoms with E-state index in [2.05, 4.69) is 4.98 Å². The number of carboxylic acid groups (broad SMARTS) is 1. The van der Waals surface area contributed by atoms with Crippen LogP contribution in [0, 0.1) is 12.8 Å². The van der Waals surface area contributed by atoms with Crippen LogP contribution in [0.4, 0.5) is 0 Å². The Labute approximate surface area is 110 Å². The molecule has 0 fully saturated rings. The van der Waals surface area contributed by atoms with E-state index in [0.29, 0.717) is 5.75 Å². The molecule has 0 radical (unpaired) electrons. The molecule has 0 aliphatic heterocycles. The lowest BCUT2D eigenvalue weighted by molar-refractivity contribution is -0.140. The van der Waals surface area contributed by atoms with Gasteiger partial charge in [-0.3, -0.25) is 9.78 Å². The standard InChI is InChI=1S/C14H15NO2S/c1-9(14(16)17)8-18-13-7-10(2)15-12-6-4-3-5-11(12)13/h3-7,9H,8H2,1-2H3,(H,16,17). The van der Waals surface area contributed by atoms with Gasteiger partial charge in [0.2, 0.25) is 0 Å². The zero-order valence-electron chi connectivity index (χ0n) is 10.4. The molecule has 0 saturated carbocycles. The van der Waals surface area contributed by atoms with Crippen LogP contribution in [0.1, 0.15) is 12.6 Å². The van der Waals surface area contributed by atoms with Crippen molar-refractivity contribution >= 4 is 28.6 Å². The molecule has 1 atom stereocenters. The summed E-state index contributed by atoms with van der Waals surface area (Å²) >= 11 is 1.58. The number of pyridine rings is 1. The van der Waals surface area contributed by atoms with E-state index in [1.165, 1.54) is 0 Å². The molecule has 0 bridgehead atoms. The largest absolute Gasteiger partial charge is 0.481 e. The average molecular weight is 261 g/mol. The lowest BCUT2D eigenvalue weighted by Gasteiger charge is -2.09. The van der Waals surface area contributed by atoms with E-state index in [1.54, 1.807) is 18.7 Å². The SMILES string of the molecule is Cc1cc(SCC(C)C(=O)O)c2ccccc2n1. The van der Waals surface area contributed by atoms with Crippen LogP contribution in [0.3, 0.4) is 0 Å². The Bertz CT molecular complexity index is 583. The van der Waals surface area contributed by atoms with Crippen molar-refractivity contribution in [3.8, 4) is 0 Å². The van der Waals surface area contributed by atoms with Crippen LogP contribution in [0.25, 0.3) is 10.9 Å². The summed E-state index contributed by atoms with van der Waals surface area (Å²) in [6, 6.07) is 9.96. The normalized spacial score (nSPS) is 12.6. The van der Waals surface area contributed by atoms with Gasteiger partial charge in [-0.25, -0.2) is 0 Å². The summed E-state index contributed by atoms with van der Waals surface area (Å²) in [4.78, 5) is 16.4. The molecular weight excluding hydrogens is 246 g/mol. The number of carboxylic acids is 1. The van der Waals surface area contributed by atoms with E-state index < -0.39 is 5.97 Å². The molecule has 1 aromatic carbocycles. The van der Waals surface area contributed by atoms with E-state index in [0.717, 1.165) is 21.5 Å². The smallest absolute Gasteiger partial charge is 0.307 e. The van der Waals surface area contributed by atoms with Gasteiger partial charge in [-0.15, -0.1) is 11.8 Å². The van der Waals surface area contributed by atoms with Gasteiger partial charge >= 0.3 is 5.97 Å². The Morgan fingerprint density at radius 2 is 2.17 bits per heavy atom. The molecule has 1 unspecified atom stereocenters.